The summed E-state index contributed by atoms with van der Waals surface area (Å²) in [5.41, 5.74) is 3.51. The summed E-state index contributed by atoms with van der Waals surface area (Å²) in [6.07, 6.45) is 4.01. The van der Waals surface area contributed by atoms with Crippen molar-refractivity contribution in [1.29, 1.82) is 0 Å². The highest BCUT2D eigenvalue weighted by Crippen LogP contribution is 2.43. The van der Waals surface area contributed by atoms with Crippen LogP contribution in [0.15, 0.2) is 42.5 Å². The predicted octanol–water partition coefficient (Wildman–Crippen LogP) is 4.38. The Bertz CT molecular complexity index is 957. The standard InChI is InChI=1S/C20H18FN3OS/c21-15-4-1-12(2-5-15)14-9-16-6-7-17(10-14)24(16)20(25)13-3-8-18-19(11-13)23-26-22-18/h1-5,8,11,14,16-17H,6-7,9-10H2/t16-,17-/m0/s1. The lowest BCUT2D eigenvalue weighted by molar-refractivity contribution is 0.0571. The average molecular weight is 367 g/mol. The maximum absolute atomic E-state index is 13.2. The molecule has 2 bridgehead atoms. The fourth-order valence-electron chi connectivity index (χ4n) is 4.58. The summed E-state index contributed by atoms with van der Waals surface area (Å²) < 4.78 is 21.7. The Morgan fingerprint density at radius 3 is 2.42 bits per heavy atom. The molecular weight excluding hydrogens is 349 g/mol. The Hall–Kier alpha value is -2.34. The molecule has 2 saturated heterocycles. The SMILES string of the molecule is O=C(c1ccc2nsnc2c1)N1[C@H]2CC[C@H]1CC(c1ccc(F)cc1)C2. The first-order valence-corrected chi connectivity index (χ1v) is 9.72. The summed E-state index contributed by atoms with van der Waals surface area (Å²) >= 11 is 1.17. The van der Waals surface area contributed by atoms with Gasteiger partial charge in [0.05, 0.1) is 11.7 Å². The van der Waals surface area contributed by atoms with Crippen LogP contribution in [-0.4, -0.2) is 31.6 Å². The van der Waals surface area contributed by atoms with E-state index in [9.17, 15) is 9.18 Å². The minimum absolute atomic E-state index is 0.102. The van der Waals surface area contributed by atoms with Gasteiger partial charge < -0.3 is 4.90 Å². The molecule has 0 spiro atoms. The Balaban J connectivity index is 1.39. The smallest absolute Gasteiger partial charge is 0.254 e. The second kappa shape index (κ2) is 6.13. The van der Waals surface area contributed by atoms with Crippen LogP contribution < -0.4 is 0 Å². The lowest BCUT2D eigenvalue weighted by Gasteiger charge is -2.39. The highest BCUT2D eigenvalue weighted by atomic mass is 32.1. The van der Waals surface area contributed by atoms with E-state index >= 15 is 0 Å². The Morgan fingerprint density at radius 2 is 1.69 bits per heavy atom. The highest BCUT2D eigenvalue weighted by Gasteiger charge is 2.43. The fraction of sp³-hybridized carbons (Fsp3) is 0.350. The van der Waals surface area contributed by atoms with Crippen LogP contribution in [0.25, 0.3) is 11.0 Å². The molecule has 3 heterocycles. The molecule has 0 saturated carbocycles. The molecule has 3 aromatic rings. The third-order valence-corrected chi connectivity index (χ3v) is 6.37. The van der Waals surface area contributed by atoms with Crippen molar-refractivity contribution in [2.24, 2.45) is 0 Å². The van der Waals surface area contributed by atoms with Gasteiger partial charge in [0.25, 0.3) is 5.91 Å². The molecule has 6 heteroatoms. The quantitative estimate of drug-likeness (QED) is 0.675. The number of rotatable bonds is 2. The number of fused-ring (bicyclic) bond motifs is 3. The lowest BCUT2D eigenvalue weighted by atomic mass is 9.85. The highest BCUT2D eigenvalue weighted by molar-refractivity contribution is 7.00. The molecule has 4 nitrogen and oxygen atoms in total. The molecule has 0 aliphatic carbocycles. The first-order valence-electron chi connectivity index (χ1n) is 8.99. The maximum atomic E-state index is 13.2. The minimum atomic E-state index is -0.198. The van der Waals surface area contributed by atoms with Crippen molar-refractivity contribution < 1.29 is 9.18 Å². The van der Waals surface area contributed by atoms with Gasteiger partial charge in [0.1, 0.15) is 16.9 Å². The third-order valence-electron chi connectivity index (χ3n) is 5.81. The van der Waals surface area contributed by atoms with E-state index in [1.54, 1.807) is 0 Å². The molecule has 0 N–H and O–H groups in total. The molecule has 1 aromatic heterocycles. The number of carbonyl (C=O) groups is 1. The van der Waals surface area contributed by atoms with Crippen LogP contribution in [0, 0.1) is 5.82 Å². The van der Waals surface area contributed by atoms with Crippen molar-refractivity contribution in [1.82, 2.24) is 13.6 Å². The van der Waals surface area contributed by atoms with Crippen LogP contribution in [-0.2, 0) is 0 Å². The largest absolute Gasteiger partial charge is 0.333 e. The second-order valence-corrected chi connectivity index (χ2v) is 7.81. The molecule has 2 atom stereocenters. The number of hydrogen-bond acceptors (Lipinski definition) is 4. The van der Waals surface area contributed by atoms with E-state index in [1.165, 1.54) is 29.4 Å². The number of halogens is 1. The Labute approximate surface area is 155 Å². The number of hydrogen-bond donors (Lipinski definition) is 0. The van der Waals surface area contributed by atoms with E-state index in [0.29, 0.717) is 11.5 Å². The Kier molecular flexibility index (Phi) is 3.74. The topological polar surface area (TPSA) is 46.1 Å². The van der Waals surface area contributed by atoms with Crippen molar-refractivity contribution >= 4 is 28.7 Å². The molecule has 2 aromatic carbocycles. The van der Waals surface area contributed by atoms with Crippen molar-refractivity contribution in [2.75, 3.05) is 0 Å². The van der Waals surface area contributed by atoms with Gasteiger partial charge >= 0.3 is 0 Å². The Morgan fingerprint density at radius 1 is 1.00 bits per heavy atom. The molecule has 2 aliphatic heterocycles. The van der Waals surface area contributed by atoms with Crippen LogP contribution in [0.2, 0.25) is 0 Å². The molecule has 0 unspecified atom stereocenters. The van der Waals surface area contributed by atoms with Crippen molar-refractivity contribution in [3.8, 4) is 0 Å². The van der Waals surface area contributed by atoms with Crippen molar-refractivity contribution in [3.63, 3.8) is 0 Å². The van der Waals surface area contributed by atoms with Crippen LogP contribution in [0.1, 0.15) is 47.5 Å². The van der Waals surface area contributed by atoms with Crippen molar-refractivity contribution in [2.45, 2.75) is 43.7 Å². The summed E-state index contributed by atoms with van der Waals surface area (Å²) in [6.45, 7) is 0. The van der Waals surface area contributed by atoms with Gasteiger partial charge in [-0.1, -0.05) is 12.1 Å². The summed E-state index contributed by atoms with van der Waals surface area (Å²) in [5, 5.41) is 0. The monoisotopic (exact) mass is 367 g/mol. The first kappa shape index (κ1) is 15.9. The summed E-state index contributed by atoms with van der Waals surface area (Å²) in [4.78, 5) is 15.2. The summed E-state index contributed by atoms with van der Waals surface area (Å²) in [5.74, 6) is 0.309. The van der Waals surface area contributed by atoms with Gasteiger partial charge in [0.15, 0.2) is 0 Å². The summed E-state index contributed by atoms with van der Waals surface area (Å²) in [7, 11) is 0. The number of aromatic nitrogens is 2. The van der Waals surface area contributed by atoms with E-state index in [1.807, 2.05) is 30.3 Å². The molecule has 132 valence electrons. The van der Waals surface area contributed by atoms with Gasteiger partial charge in [-0.25, -0.2) is 4.39 Å². The number of piperidine rings is 1. The lowest BCUT2D eigenvalue weighted by Crippen LogP contribution is -2.46. The number of carbonyl (C=O) groups excluding carboxylic acids is 1. The molecule has 2 fully saturated rings. The third kappa shape index (κ3) is 2.60. The molecule has 1 amide bonds. The van der Waals surface area contributed by atoms with Gasteiger partial charge in [0.2, 0.25) is 0 Å². The first-order chi connectivity index (χ1) is 12.7. The zero-order valence-electron chi connectivity index (χ0n) is 14.1. The fourth-order valence-corrected chi connectivity index (χ4v) is 5.10. The zero-order valence-corrected chi connectivity index (χ0v) is 15.0. The van der Waals surface area contributed by atoms with Gasteiger partial charge in [-0.15, -0.1) is 0 Å². The van der Waals surface area contributed by atoms with E-state index in [-0.39, 0.29) is 23.8 Å². The minimum Gasteiger partial charge on any atom is -0.333 e. The van der Waals surface area contributed by atoms with E-state index < -0.39 is 0 Å². The maximum Gasteiger partial charge on any atom is 0.254 e. The van der Waals surface area contributed by atoms with E-state index in [4.69, 9.17) is 0 Å². The van der Waals surface area contributed by atoms with Gasteiger partial charge in [0, 0.05) is 17.6 Å². The number of nitrogens with zero attached hydrogens (tertiary/aromatic N) is 3. The zero-order chi connectivity index (χ0) is 17.7. The van der Waals surface area contributed by atoms with Crippen LogP contribution in [0.5, 0.6) is 0 Å². The van der Waals surface area contributed by atoms with Crippen LogP contribution in [0.4, 0.5) is 4.39 Å². The predicted molar refractivity (Wildman–Crippen MR) is 98.8 cm³/mol. The van der Waals surface area contributed by atoms with E-state index in [0.717, 1.165) is 36.7 Å². The van der Waals surface area contributed by atoms with E-state index in [2.05, 4.69) is 13.6 Å². The molecule has 26 heavy (non-hydrogen) atoms. The van der Waals surface area contributed by atoms with Crippen molar-refractivity contribution in [3.05, 3.63) is 59.4 Å². The number of amides is 1. The summed E-state index contributed by atoms with van der Waals surface area (Å²) in [6, 6.07) is 13.0. The molecule has 2 aliphatic rings. The van der Waals surface area contributed by atoms with Crippen LogP contribution >= 0.6 is 11.7 Å². The molecule has 0 radical (unpaired) electrons. The molecular formula is C20H18FN3OS. The molecule has 5 rings (SSSR count). The second-order valence-electron chi connectivity index (χ2n) is 7.29. The van der Waals surface area contributed by atoms with Gasteiger partial charge in [-0.2, -0.15) is 8.75 Å². The normalized spacial score (nSPS) is 25.0. The van der Waals surface area contributed by atoms with Crippen LogP contribution in [0.3, 0.4) is 0 Å². The average Bonchev–Trinajstić information content (AvgIpc) is 3.23. The van der Waals surface area contributed by atoms with Gasteiger partial charge in [-0.05, 0) is 67.5 Å². The van der Waals surface area contributed by atoms with Gasteiger partial charge in [-0.3, -0.25) is 4.79 Å². The number of benzene rings is 2.